The quantitative estimate of drug-likeness (QED) is 0.733. The highest BCUT2D eigenvalue weighted by atomic mass is 32.1. The first kappa shape index (κ1) is 18.8. The van der Waals surface area contributed by atoms with Crippen molar-refractivity contribution in [3.63, 3.8) is 0 Å². The molecule has 1 aromatic carbocycles. The number of benzene rings is 1. The van der Waals surface area contributed by atoms with E-state index in [9.17, 15) is 15.0 Å². The van der Waals surface area contributed by atoms with Crippen LogP contribution in [0.5, 0.6) is 5.75 Å². The van der Waals surface area contributed by atoms with Crippen LogP contribution in [0.25, 0.3) is 0 Å². The summed E-state index contributed by atoms with van der Waals surface area (Å²) < 4.78 is 0. The lowest BCUT2D eigenvalue weighted by Gasteiger charge is -2.38. The number of carbonyl (C=O) groups is 1. The Labute approximate surface area is 167 Å². The summed E-state index contributed by atoms with van der Waals surface area (Å²) in [6, 6.07) is 7.22. The molecular formula is C20H24N4O3S. The van der Waals surface area contributed by atoms with Crippen LogP contribution in [0.1, 0.15) is 19.4 Å². The van der Waals surface area contributed by atoms with Gasteiger partial charge in [0.1, 0.15) is 16.6 Å². The zero-order valence-corrected chi connectivity index (χ0v) is 16.8. The Balaban J connectivity index is 1.56. The molecule has 2 aromatic rings. The molecule has 4 rings (SSSR count). The molecule has 0 atom stereocenters. The van der Waals surface area contributed by atoms with E-state index in [1.54, 1.807) is 37.3 Å². The van der Waals surface area contributed by atoms with Crippen LogP contribution in [-0.4, -0.2) is 64.5 Å². The van der Waals surface area contributed by atoms with Crippen molar-refractivity contribution in [2.24, 2.45) is 10.4 Å². The van der Waals surface area contributed by atoms with Gasteiger partial charge in [-0.15, -0.1) is 11.3 Å². The van der Waals surface area contributed by atoms with Gasteiger partial charge in [-0.3, -0.25) is 9.69 Å². The Bertz CT molecular complexity index is 929. The molecule has 0 bridgehead atoms. The highest BCUT2D eigenvalue weighted by molar-refractivity contribution is 7.14. The zero-order valence-electron chi connectivity index (χ0n) is 16.0. The van der Waals surface area contributed by atoms with Crippen LogP contribution in [-0.2, 0) is 4.79 Å². The van der Waals surface area contributed by atoms with Gasteiger partial charge in [0.15, 0.2) is 0 Å². The number of carboxylic acid groups (broad SMARTS) is 1. The molecule has 0 saturated carbocycles. The lowest BCUT2D eigenvalue weighted by atomic mass is 9.93. The summed E-state index contributed by atoms with van der Waals surface area (Å²) in [7, 11) is 0. The van der Waals surface area contributed by atoms with Crippen LogP contribution >= 0.6 is 11.3 Å². The highest BCUT2D eigenvalue weighted by Crippen LogP contribution is 2.39. The molecule has 0 amide bonds. The van der Waals surface area contributed by atoms with E-state index in [0.29, 0.717) is 6.54 Å². The molecule has 2 aliphatic heterocycles. The predicted molar refractivity (Wildman–Crippen MR) is 111 cm³/mol. The van der Waals surface area contributed by atoms with Gasteiger partial charge in [0.05, 0.1) is 22.4 Å². The number of piperazine rings is 1. The number of thiophene rings is 1. The Kier molecular flexibility index (Phi) is 4.76. The Morgan fingerprint density at radius 3 is 2.71 bits per heavy atom. The van der Waals surface area contributed by atoms with Gasteiger partial charge < -0.3 is 20.4 Å². The Morgan fingerprint density at radius 2 is 2.00 bits per heavy atom. The van der Waals surface area contributed by atoms with E-state index in [1.807, 2.05) is 11.4 Å². The van der Waals surface area contributed by atoms with Crippen LogP contribution in [0.4, 0.5) is 16.4 Å². The first-order chi connectivity index (χ1) is 13.3. The van der Waals surface area contributed by atoms with Crippen molar-refractivity contribution < 1.29 is 15.0 Å². The Hall–Kier alpha value is -2.58. The van der Waals surface area contributed by atoms with Crippen LogP contribution in [0, 0.1) is 5.41 Å². The summed E-state index contributed by atoms with van der Waals surface area (Å²) in [5, 5.41) is 25.6. The van der Waals surface area contributed by atoms with Gasteiger partial charge in [-0.25, -0.2) is 4.99 Å². The number of rotatable bonds is 3. The second-order valence-corrected chi connectivity index (χ2v) is 8.79. The number of aliphatic imine (C=N–C) groups is 1. The number of phenols is 1. The largest absolute Gasteiger partial charge is 0.508 e. The summed E-state index contributed by atoms with van der Waals surface area (Å²) in [5.41, 5.74) is 1.89. The van der Waals surface area contributed by atoms with Crippen molar-refractivity contribution in [3.05, 3.63) is 35.2 Å². The molecule has 28 heavy (non-hydrogen) atoms. The maximum Gasteiger partial charge on any atom is 0.310 e. The molecule has 148 valence electrons. The third-order valence-electron chi connectivity index (χ3n) is 5.23. The van der Waals surface area contributed by atoms with Crippen molar-refractivity contribution in [2.75, 3.05) is 38.0 Å². The lowest BCUT2D eigenvalue weighted by molar-refractivity contribution is -0.148. The summed E-state index contributed by atoms with van der Waals surface area (Å²) in [6.45, 7) is 7.25. The van der Waals surface area contributed by atoms with Crippen LogP contribution < -0.4 is 5.32 Å². The molecule has 1 fully saturated rings. The van der Waals surface area contributed by atoms with Gasteiger partial charge in [-0.1, -0.05) is 0 Å². The van der Waals surface area contributed by atoms with Gasteiger partial charge >= 0.3 is 5.97 Å². The van der Waals surface area contributed by atoms with Gasteiger partial charge in [-0.05, 0) is 37.4 Å². The molecular weight excluding hydrogens is 376 g/mol. The first-order valence-electron chi connectivity index (χ1n) is 9.31. The number of carboxylic acids is 1. The van der Waals surface area contributed by atoms with Crippen molar-refractivity contribution in [1.29, 1.82) is 0 Å². The predicted octanol–water partition coefficient (Wildman–Crippen LogP) is 3.32. The molecule has 3 heterocycles. The van der Waals surface area contributed by atoms with Crippen LogP contribution in [0.3, 0.4) is 0 Å². The van der Waals surface area contributed by atoms with Crippen molar-refractivity contribution in [2.45, 2.75) is 13.8 Å². The number of amidine groups is 1. The minimum Gasteiger partial charge on any atom is -0.508 e. The van der Waals surface area contributed by atoms with Crippen molar-refractivity contribution in [1.82, 2.24) is 9.80 Å². The summed E-state index contributed by atoms with van der Waals surface area (Å²) >= 11 is 1.61. The van der Waals surface area contributed by atoms with Crippen molar-refractivity contribution in [3.8, 4) is 5.75 Å². The fourth-order valence-electron chi connectivity index (χ4n) is 3.59. The number of hydrogen-bond acceptors (Lipinski definition) is 7. The van der Waals surface area contributed by atoms with Crippen LogP contribution in [0.2, 0.25) is 0 Å². The smallest absolute Gasteiger partial charge is 0.310 e. The maximum absolute atomic E-state index is 11.4. The first-order valence-corrected chi connectivity index (χ1v) is 10.2. The molecule has 2 aliphatic rings. The average Bonchev–Trinajstić information content (AvgIpc) is 3.04. The molecule has 3 N–H and O–H groups in total. The standard InChI is InChI=1S/C20H24N4O3S/c1-20(2,19(26)27)12-23-6-8-24(9-7-23)17-14-5-10-28-18(14)22-16-11-13(25)3-4-15(16)21-17/h3-5,10-11,22,25H,6-9,12H2,1-2H3,(H,26,27). The van der Waals surface area contributed by atoms with Crippen molar-refractivity contribution >= 4 is 39.5 Å². The number of nitrogens with zero attached hydrogens (tertiary/aromatic N) is 3. The number of fused-ring (bicyclic) bond motifs is 2. The number of phenolic OH excluding ortho intramolecular Hbond substituents is 1. The van der Waals surface area contributed by atoms with Gasteiger partial charge in [0.2, 0.25) is 0 Å². The number of aliphatic carboxylic acids is 1. The van der Waals surface area contributed by atoms with E-state index in [0.717, 1.165) is 54.0 Å². The number of anilines is 2. The highest BCUT2D eigenvalue weighted by Gasteiger charge is 2.32. The minimum atomic E-state index is -0.767. The van der Waals surface area contributed by atoms with E-state index >= 15 is 0 Å². The normalized spacial score (nSPS) is 17.2. The summed E-state index contributed by atoms with van der Waals surface area (Å²) in [5.74, 6) is 0.361. The average molecular weight is 401 g/mol. The topological polar surface area (TPSA) is 88.4 Å². The molecule has 1 saturated heterocycles. The Morgan fingerprint density at radius 1 is 1.25 bits per heavy atom. The third-order valence-corrected chi connectivity index (χ3v) is 6.06. The monoisotopic (exact) mass is 400 g/mol. The van der Waals surface area contributed by atoms with Gasteiger partial charge in [0, 0.05) is 38.8 Å². The molecule has 8 heteroatoms. The lowest BCUT2D eigenvalue weighted by Crippen LogP contribution is -2.51. The van der Waals surface area contributed by atoms with Gasteiger partial charge in [0.25, 0.3) is 0 Å². The molecule has 1 aromatic heterocycles. The fraction of sp³-hybridized carbons (Fsp3) is 0.400. The van der Waals surface area contributed by atoms with E-state index in [2.05, 4.69) is 21.2 Å². The third kappa shape index (κ3) is 3.57. The van der Waals surface area contributed by atoms with E-state index in [-0.39, 0.29) is 5.75 Å². The van der Waals surface area contributed by atoms with E-state index < -0.39 is 11.4 Å². The molecule has 0 unspecified atom stereocenters. The van der Waals surface area contributed by atoms with Gasteiger partial charge in [-0.2, -0.15) is 0 Å². The number of nitrogens with one attached hydrogen (secondary N) is 1. The minimum absolute atomic E-state index is 0.206. The number of aromatic hydroxyl groups is 1. The SMILES string of the molecule is CC(C)(CN1CCN(C2=Nc3ccc(O)cc3Nc3sccc32)CC1)C(=O)O. The molecule has 7 nitrogen and oxygen atoms in total. The van der Waals surface area contributed by atoms with Crippen LogP contribution in [0.15, 0.2) is 34.6 Å². The number of hydrogen-bond donors (Lipinski definition) is 3. The van der Waals surface area contributed by atoms with E-state index in [4.69, 9.17) is 4.99 Å². The maximum atomic E-state index is 11.4. The summed E-state index contributed by atoms with van der Waals surface area (Å²) in [6.07, 6.45) is 0. The van der Waals surface area contributed by atoms with E-state index in [1.165, 1.54) is 0 Å². The molecule has 0 radical (unpaired) electrons. The molecule has 0 spiro atoms. The zero-order chi connectivity index (χ0) is 19.9. The second-order valence-electron chi connectivity index (χ2n) is 7.88. The molecule has 0 aliphatic carbocycles. The second kappa shape index (κ2) is 7.10. The summed E-state index contributed by atoms with van der Waals surface area (Å²) in [4.78, 5) is 20.8. The fourth-order valence-corrected chi connectivity index (χ4v) is 4.38.